The standard InChI is InChI=1S/C23H23N5O4S/c1-13-5-6-15(10-14(13)2)25-23(30)28-9-3-4-17(28)21-26-27-22(33-21)20(29)24-16-7-8-18-19(11-16)32-12-31-18/h5-8,10-11,17H,3-4,9,12H2,1-2H3,(H,24,29)(H,25,30)/t17-/m0/s1. The summed E-state index contributed by atoms with van der Waals surface area (Å²) in [5.41, 5.74) is 3.63. The molecular formula is C23H23N5O4S. The van der Waals surface area contributed by atoms with Gasteiger partial charge < -0.3 is 25.0 Å². The maximum absolute atomic E-state index is 12.9. The van der Waals surface area contributed by atoms with Crippen LogP contribution in [-0.2, 0) is 0 Å². The van der Waals surface area contributed by atoms with Gasteiger partial charge in [-0.1, -0.05) is 17.4 Å². The van der Waals surface area contributed by atoms with E-state index in [1.165, 1.54) is 16.9 Å². The lowest BCUT2D eigenvalue weighted by atomic mass is 10.1. The number of carbonyl (C=O) groups excluding carboxylic acids is 2. The van der Waals surface area contributed by atoms with Crippen LogP contribution in [0.4, 0.5) is 16.2 Å². The Morgan fingerprint density at radius 1 is 1.00 bits per heavy atom. The van der Waals surface area contributed by atoms with E-state index < -0.39 is 0 Å². The van der Waals surface area contributed by atoms with E-state index in [0.717, 1.165) is 24.1 Å². The predicted molar refractivity (Wildman–Crippen MR) is 124 cm³/mol. The van der Waals surface area contributed by atoms with Gasteiger partial charge in [-0.3, -0.25) is 4.79 Å². The van der Waals surface area contributed by atoms with Crippen molar-refractivity contribution in [3.8, 4) is 11.5 Å². The fraction of sp³-hybridized carbons (Fsp3) is 0.304. The lowest BCUT2D eigenvalue weighted by molar-refractivity contribution is 0.102. The molecular weight excluding hydrogens is 442 g/mol. The van der Waals surface area contributed by atoms with Gasteiger partial charge in [0.2, 0.25) is 11.8 Å². The first-order valence-corrected chi connectivity index (χ1v) is 11.5. The third kappa shape index (κ3) is 4.34. The average molecular weight is 466 g/mol. The summed E-state index contributed by atoms with van der Waals surface area (Å²) < 4.78 is 10.6. The Morgan fingerprint density at radius 2 is 1.79 bits per heavy atom. The molecule has 1 fully saturated rings. The molecule has 0 radical (unpaired) electrons. The van der Waals surface area contributed by atoms with Crippen molar-refractivity contribution in [1.29, 1.82) is 0 Å². The Hall–Kier alpha value is -3.66. The number of aromatic nitrogens is 2. The van der Waals surface area contributed by atoms with Crippen molar-refractivity contribution in [2.75, 3.05) is 24.0 Å². The minimum atomic E-state index is -0.359. The molecule has 33 heavy (non-hydrogen) atoms. The van der Waals surface area contributed by atoms with Crippen LogP contribution in [0, 0.1) is 13.8 Å². The number of rotatable bonds is 4. The number of hydrogen-bond donors (Lipinski definition) is 2. The quantitative estimate of drug-likeness (QED) is 0.588. The molecule has 3 heterocycles. The Balaban J connectivity index is 1.26. The number of urea groups is 1. The highest BCUT2D eigenvalue weighted by molar-refractivity contribution is 7.13. The van der Waals surface area contributed by atoms with Gasteiger partial charge >= 0.3 is 6.03 Å². The molecule has 1 atom stereocenters. The topological polar surface area (TPSA) is 106 Å². The van der Waals surface area contributed by atoms with Crippen LogP contribution in [-0.4, -0.2) is 40.4 Å². The minimum Gasteiger partial charge on any atom is -0.454 e. The van der Waals surface area contributed by atoms with E-state index in [-0.39, 0.29) is 29.8 Å². The number of ether oxygens (including phenoxy) is 2. The number of fused-ring (bicyclic) bond motifs is 1. The van der Waals surface area contributed by atoms with Crippen molar-refractivity contribution >= 4 is 34.6 Å². The summed E-state index contributed by atoms with van der Waals surface area (Å²) in [7, 11) is 0. The zero-order chi connectivity index (χ0) is 22.9. The van der Waals surface area contributed by atoms with Gasteiger partial charge in [-0.05, 0) is 62.1 Å². The third-order valence-electron chi connectivity index (χ3n) is 5.82. The second-order valence-electron chi connectivity index (χ2n) is 8.05. The third-order valence-corrected chi connectivity index (χ3v) is 6.85. The van der Waals surface area contributed by atoms with Crippen LogP contribution >= 0.6 is 11.3 Å². The summed E-state index contributed by atoms with van der Waals surface area (Å²) in [5.74, 6) is 0.871. The number of benzene rings is 2. The van der Waals surface area contributed by atoms with E-state index in [1.54, 1.807) is 23.1 Å². The first-order valence-electron chi connectivity index (χ1n) is 10.7. The van der Waals surface area contributed by atoms with E-state index in [4.69, 9.17) is 9.47 Å². The Kier molecular flexibility index (Phi) is 5.59. The van der Waals surface area contributed by atoms with Gasteiger partial charge in [0, 0.05) is 24.0 Å². The number of likely N-dealkylation sites (tertiary alicyclic amines) is 1. The molecule has 3 aromatic rings. The fourth-order valence-corrected chi connectivity index (χ4v) is 4.79. The molecule has 2 aromatic carbocycles. The second-order valence-corrected chi connectivity index (χ2v) is 9.06. The fourth-order valence-electron chi connectivity index (χ4n) is 3.90. The van der Waals surface area contributed by atoms with Gasteiger partial charge in [-0.15, -0.1) is 10.2 Å². The van der Waals surface area contributed by atoms with Crippen molar-refractivity contribution in [3.05, 3.63) is 57.5 Å². The summed E-state index contributed by atoms with van der Waals surface area (Å²) in [6.07, 6.45) is 1.64. The van der Waals surface area contributed by atoms with Gasteiger partial charge in [-0.2, -0.15) is 0 Å². The molecule has 0 bridgehead atoms. The Bertz CT molecular complexity index is 1230. The van der Waals surface area contributed by atoms with Crippen molar-refractivity contribution in [3.63, 3.8) is 0 Å². The van der Waals surface area contributed by atoms with Gasteiger partial charge in [0.1, 0.15) is 5.01 Å². The predicted octanol–water partition coefficient (Wildman–Crippen LogP) is 4.50. The van der Waals surface area contributed by atoms with Crippen LogP contribution in [0.3, 0.4) is 0 Å². The van der Waals surface area contributed by atoms with E-state index in [9.17, 15) is 9.59 Å². The molecule has 3 amide bonds. The molecule has 0 aliphatic carbocycles. The molecule has 1 saturated heterocycles. The number of aryl methyl sites for hydroxylation is 2. The zero-order valence-corrected chi connectivity index (χ0v) is 19.1. The van der Waals surface area contributed by atoms with Crippen LogP contribution in [0.1, 0.15) is 44.8 Å². The molecule has 9 nitrogen and oxygen atoms in total. The molecule has 0 unspecified atom stereocenters. The smallest absolute Gasteiger partial charge is 0.322 e. The first-order chi connectivity index (χ1) is 16.0. The highest BCUT2D eigenvalue weighted by atomic mass is 32.1. The molecule has 170 valence electrons. The van der Waals surface area contributed by atoms with Crippen molar-refractivity contribution < 1.29 is 19.1 Å². The lowest BCUT2D eigenvalue weighted by Crippen LogP contribution is -2.34. The number of anilines is 2. The average Bonchev–Trinajstić information content (AvgIpc) is 3.55. The van der Waals surface area contributed by atoms with Crippen LogP contribution in [0.2, 0.25) is 0 Å². The maximum Gasteiger partial charge on any atom is 0.322 e. The number of nitrogens with one attached hydrogen (secondary N) is 2. The van der Waals surface area contributed by atoms with Gasteiger partial charge in [0.25, 0.3) is 5.91 Å². The molecule has 10 heteroatoms. The SMILES string of the molecule is Cc1ccc(NC(=O)N2CCC[C@H]2c2nnc(C(=O)Nc3ccc4c(c3)OCO4)s2)cc1C. The largest absolute Gasteiger partial charge is 0.454 e. The minimum absolute atomic E-state index is 0.168. The number of amides is 3. The van der Waals surface area contributed by atoms with Gasteiger partial charge in [-0.25, -0.2) is 4.79 Å². The summed E-state index contributed by atoms with van der Waals surface area (Å²) in [6.45, 7) is 4.84. The molecule has 2 aliphatic rings. The maximum atomic E-state index is 12.9. The first kappa shape index (κ1) is 21.2. The molecule has 0 spiro atoms. The molecule has 5 rings (SSSR count). The monoisotopic (exact) mass is 465 g/mol. The zero-order valence-electron chi connectivity index (χ0n) is 18.3. The van der Waals surface area contributed by atoms with E-state index in [1.807, 2.05) is 32.0 Å². The number of carbonyl (C=O) groups is 2. The highest BCUT2D eigenvalue weighted by Gasteiger charge is 2.33. The van der Waals surface area contributed by atoms with E-state index >= 15 is 0 Å². The van der Waals surface area contributed by atoms with Crippen molar-refractivity contribution in [1.82, 2.24) is 15.1 Å². The number of hydrogen-bond acceptors (Lipinski definition) is 7. The van der Waals surface area contributed by atoms with Crippen molar-refractivity contribution in [2.45, 2.75) is 32.7 Å². The van der Waals surface area contributed by atoms with Crippen LogP contribution in [0.25, 0.3) is 0 Å². The van der Waals surface area contributed by atoms with Gasteiger partial charge in [0.15, 0.2) is 11.5 Å². The lowest BCUT2D eigenvalue weighted by Gasteiger charge is -2.23. The van der Waals surface area contributed by atoms with Crippen molar-refractivity contribution in [2.24, 2.45) is 0 Å². The highest BCUT2D eigenvalue weighted by Crippen LogP contribution is 2.36. The number of nitrogens with zero attached hydrogens (tertiary/aromatic N) is 3. The van der Waals surface area contributed by atoms with E-state index in [2.05, 4.69) is 20.8 Å². The van der Waals surface area contributed by atoms with E-state index in [0.29, 0.717) is 28.7 Å². The van der Waals surface area contributed by atoms with Crippen LogP contribution in [0.5, 0.6) is 11.5 Å². The molecule has 2 aliphatic heterocycles. The molecule has 1 aromatic heterocycles. The summed E-state index contributed by atoms with van der Waals surface area (Å²) in [4.78, 5) is 27.4. The second kappa shape index (κ2) is 8.70. The molecule has 0 saturated carbocycles. The summed E-state index contributed by atoms with van der Waals surface area (Å²) >= 11 is 1.20. The molecule has 2 N–H and O–H groups in total. The van der Waals surface area contributed by atoms with Crippen LogP contribution < -0.4 is 20.1 Å². The normalized spacial score (nSPS) is 16.7. The Morgan fingerprint density at radius 3 is 2.64 bits per heavy atom. The summed E-state index contributed by atoms with van der Waals surface area (Å²) in [6, 6.07) is 10.7. The Labute approximate surface area is 194 Å². The van der Waals surface area contributed by atoms with Crippen LogP contribution in [0.15, 0.2) is 36.4 Å². The van der Waals surface area contributed by atoms with Gasteiger partial charge in [0.05, 0.1) is 6.04 Å². The summed E-state index contributed by atoms with van der Waals surface area (Å²) in [5, 5.41) is 15.0.